The molecule has 1 saturated carbocycles. The molecule has 0 aromatic rings. The molecule has 0 bridgehead atoms. The number of amides is 1. The number of hydrogen-bond donors (Lipinski definition) is 1. The molecule has 1 aliphatic carbocycles. The maximum Gasteiger partial charge on any atom is 0.233 e. The van der Waals surface area contributed by atoms with Gasteiger partial charge in [-0.2, -0.15) is 0 Å². The predicted octanol–water partition coefficient (Wildman–Crippen LogP) is 2.44. The Morgan fingerprint density at radius 1 is 1.19 bits per heavy atom. The predicted molar refractivity (Wildman–Crippen MR) is 64.1 cm³/mol. The minimum Gasteiger partial charge on any atom is -0.353 e. The fraction of sp³-hybridized carbons (Fsp3) is 0.846. The lowest BCUT2D eigenvalue weighted by Gasteiger charge is -2.28. The minimum absolute atomic E-state index is 0.0146. The zero-order chi connectivity index (χ0) is 12.2. The van der Waals surface area contributed by atoms with Crippen molar-refractivity contribution in [2.24, 2.45) is 5.41 Å². The summed E-state index contributed by atoms with van der Waals surface area (Å²) in [6.45, 7) is 5.24. The highest BCUT2D eigenvalue weighted by molar-refractivity contribution is 6.05. The van der Waals surface area contributed by atoms with E-state index in [1.165, 1.54) is 19.3 Å². The van der Waals surface area contributed by atoms with E-state index in [-0.39, 0.29) is 17.7 Å². The van der Waals surface area contributed by atoms with Crippen molar-refractivity contribution in [3.63, 3.8) is 0 Å². The van der Waals surface area contributed by atoms with Crippen LogP contribution in [0.5, 0.6) is 0 Å². The molecule has 1 N–H and O–H groups in total. The number of nitrogens with one attached hydrogen (secondary N) is 1. The molecule has 0 unspecified atom stereocenters. The van der Waals surface area contributed by atoms with Gasteiger partial charge < -0.3 is 5.32 Å². The lowest BCUT2D eigenvalue weighted by atomic mass is 9.84. The van der Waals surface area contributed by atoms with Gasteiger partial charge >= 0.3 is 0 Å². The van der Waals surface area contributed by atoms with E-state index in [1.807, 2.05) is 0 Å². The lowest BCUT2D eigenvalue weighted by Crippen LogP contribution is -2.47. The highest BCUT2D eigenvalue weighted by Gasteiger charge is 2.35. The average Bonchev–Trinajstić information content (AvgIpc) is 2.29. The van der Waals surface area contributed by atoms with E-state index in [0.717, 1.165) is 12.8 Å². The Labute approximate surface area is 98.0 Å². The molecule has 0 aromatic heterocycles. The Hall–Kier alpha value is -0.860. The van der Waals surface area contributed by atoms with Gasteiger partial charge in [0.2, 0.25) is 5.91 Å². The van der Waals surface area contributed by atoms with E-state index < -0.39 is 5.41 Å². The zero-order valence-electron chi connectivity index (χ0n) is 10.6. The largest absolute Gasteiger partial charge is 0.353 e. The van der Waals surface area contributed by atoms with Crippen LogP contribution in [0.4, 0.5) is 0 Å². The third kappa shape index (κ3) is 3.06. The van der Waals surface area contributed by atoms with Crippen molar-refractivity contribution in [3.05, 3.63) is 0 Å². The molecule has 16 heavy (non-hydrogen) atoms. The molecule has 1 fully saturated rings. The Morgan fingerprint density at radius 2 is 1.75 bits per heavy atom. The quantitative estimate of drug-likeness (QED) is 0.747. The second-order valence-electron chi connectivity index (χ2n) is 5.21. The van der Waals surface area contributed by atoms with Gasteiger partial charge in [-0.3, -0.25) is 9.59 Å². The molecule has 3 heteroatoms. The SMILES string of the molecule is CCC(=O)C(C)(C)C(=O)NC1CCCCC1. The first-order valence-electron chi connectivity index (χ1n) is 6.32. The Balaban J connectivity index is 2.53. The minimum atomic E-state index is -0.869. The molecule has 1 amide bonds. The second kappa shape index (κ2) is 5.46. The highest BCUT2D eigenvalue weighted by Crippen LogP contribution is 2.22. The number of hydrogen-bond acceptors (Lipinski definition) is 2. The van der Waals surface area contributed by atoms with Crippen LogP contribution < -0.4 is 5.32 Å². The van der Waals surface area contributed by atoms with Crippen LogP contribution in [0.15, 0.2) is 0 Å². The molecule has 0 radical (unpaired) electrons. The van der Waals surface area contributed by atoms with Crippen LogP contribution in [0.2, 0.25) is 0 Å². The first-order valence-corrected chi connectivity index (χ1v) is 6.32. The summed E-state index contributed by atoms with van der Waals surface area (Å²) in [6, 6.07) is 0.283. The maximum absolute atomic E-state index is 12.0. The summed E-state index contributed by atoms with van der Waals surface area (Å²) in [7, 11) is 0. The van der Waals surface area contributed by atoms with Crippen molar-refractivity contribution in [1.29, 1.82) is 0 Å². The fourth-order valence-electron chi connectivity index (χ4n) is 2.18. The lowest BCUT2D eigenvalue weighted by molar-refractivity contribution is -0.140. The van der Waals surface area contributed by atoms with Crippen LogP contribution in [0.1, 0.15) is 59.3 Å². The van der Waals surface area contributed by atoms with Gasteiger partial charge in [0, 0.05) is 12.5 Å². The van der Waals surface area contributed by atoms with Gasteiger partial charge in [0.15, 0.2) is 0 Å². The van der Waals surface area contributed by atoms with Gasteiger partial charge in [0.1, 0.15) is 11.2 Å². The van der Waals surface area contributed by atoms with Crippen molar-refractivity contribution in [3.8, 4) is 0 Å². The topological polar surface area (TPSA) is 46.2 Å². The standard InChI is InChI=1S/C13H23NO2/c1-4-11(15)13(2,3)12(16)14-10-8-6-5-7-9-10/h10H,4-9H2,1-3H3,(H,14,16). The number of carbonyl (C=O) groups excluding carboxylic acids is 2. The molecule has 0 aliphatic heterocycles. The van der Waals surface area contributed by atoms with Crippen molar-refractivity contribution < 1.29 is 9.59 Å². The molecule has 0 aromatic carbocycles. The Morgan fingerprint density at radius 3 is 2.25 bits per heavy atom. The molecule has 1 aliphatic rings. The summed E-state index contributed by atoms with van der Waals surface area (Å²) in [4.78, 5) is 23.7. The van der Waals surface area contributed by atoms with E-state index in [0.29, 0.717) is 6.42 Å². The molecular weight excluding hydrogens is 202 g/mol. The van der Waals surface area contributed by atoms with Crippen molar-refractivity contribution in [1.82, 2.24) is 5.32 Å². The summed E-state index contributed by atoms with van der Waals surface area (Å²) in [5, 5.41) is 3.01. The van der Waals surface area contributed by atoms with Crippen LogP contribution in [0, 0.1) is 5.41 Å². The molecule has 0 saturated heterocycles. The maximum atomic E-state index is 12.0. The third-order valence-electron chi connectivity index (χ3n) is 3.53. The molecule has 1 rings (SSSR count). The molecule has 92 valence electrons. The number of ketones is 1. The molecule has 0 heterocycles. The van der Waals surface area contributed by atoms with Crippen LogP contribution in [0.3, 0.4) is 0 Å². The van der Waals surface area contributed by atoms with Crippen LogP contribution in [0.25, 0.3) is 0 Å². The first-order chi connectivity index (χ1) is 7.48. The van der Waals surface area contributed by atoms with Gasteiger partial charge in [0.25, 0.3) is 0 Å². The number of carbonyl (C=O) groups is 2. The van der Waals surface area contributed by atoms with E-state index in [9.17, 15) is 9.59 Å². The fourth-order valence-corrected chi connectivity index (χ4v) is 2.18. The van der Waals surface area contributed by atoms with Crippen molar-refractivity contribution in [2.75, 3.05) is 0 Å². The zero-order valence-corrected chi connectivity index (χ0v) is 10.6. The second-order valence-corrected chi connectivity index (χ2v) is 5.21. The monoisotopic (exact) mass is 225 g/mol. The van der Waals surface area contributed by atoms with E-state index in [4.69, 9.17) is 0 Å². The molecule has 0 spiro atoms. The Bertz CT molecular complexity index is 265. The molecule has 0 atom stereocenters. The first kappa shape index (κ1) is 13.2. The van der Waals surface area contributed by atoms with Gasteiger partial charge in [-0.25, -0.2) is 0 Å². The highest BCUT2D eigenvalue weighted by atomic mass is 16.2. The van der Waals surface area contributed by atoms with Gasteiger partial charge in [0.05, 0.1) is 0 Å². The van der Waals surface area contributed by atoms with E-state index in [2.05, 4.69) is 5.32 Å². The van der Waals surface area contributed by atoms with Crippen LogP contribution in [-0.4, -0.2) is 17.7 Å². The molecule has 3 nitrogen and oxygen atoms in total. The smallest absolute Gasteiger partial charge is 0.233 e. The summed E-state index contributed by atoms with van der Waals surface area (Å²) in [5.74, 6) is -0.0907. The summed E-state index contributed by atoms with van der Waals surface area (Å²) in [5.41, 5.74) is -0.869. The Kier molecular flexibility index (Phi) is 4.51. The summed E-state index contributed by atoms with van der Waals surface area (Å²) in [6.07, 6.45) is 6.18. The third-order valence-corrected chi connectivity index (χ3v) is 3.53. The van der Waals surface area contributed by atoms with Crippen molar-refractivity contribution in [2.45, 2.75) is 65.3 Å². The normalized spacial score (nSPS) is 18.2. The van der Waals surface area contributed by atoms with Crippen LogP contribution in [-0.2, 0) is 9.59 Å². The summed E-state index contributed by atoms with van der Waals surface area (Å²) < 4.78 is 0. The van der Waals surface area contributed by atoms with Gasteiger partial charge in [-0.15, -0.1) is 0 Å². The van der Waals surface area contributed by atoms with Crippen LogP contribution >= 0.6 is 0 Å². The molecular formula is C13H23NO2. The number of rotatable bonds is 4. The summed E-state index contributed by atoms with van der Waals surface area (Å²) >= 11 is 0. The average molecular weight is 225 g/mol. The number of Topliss-reactive ketones (excluding diaryl/α,β-unsaturated/α-hetero) is 1. The van der Waals surface area contributed by atoms with Gasteiger partial charge in [-0.05, 0) is 26.7 Å². The van der Waals surface area contributed by atoms with E-state index >= 15 is 0 Å². The van der Waals surface area contributed by atoms with E-state index in [1.54, 1.807) is 20.8 Å². The van der Waals surface area contributed by atoms with Gasteiger partial charge in [-0.1, -0.05) is 26.2 Å². The van der Waals surface area contributed by atoms with Crippen molar-refractivity contribution >= 4 is 11.7 Å².